The van der Waals surface area contributed by atoms with E-state index in [9.17, 15) is 9.59 Å². The van der Waals surface area contributed by atoms with Gasteiger partial charge in [0.25, 0.3) is 5.91 Å². The minimum atomic E-state index is -0.571. The minimum absolute atomic E-state index is 0.107. The van der Waals surface area contributed by atoms with E-state index in [4.69, 9.17) is 4.74 Å². The Labute approximate surface area is 123 Å². The van der Waals surface area contributed by atoms with Gasteiger partial charge in [-0.15, -0.1) is 0 Å². The molecule has 2 aromatic heterocycles. The molecule has 0 radical (unpaired) electrons. The quantitative estimate of drug-likeness (QED) is 0.793. The predicted octanol–water partition coefficient (Wildman–Crippen LogP) is 1.99. The summed E-state index contributed by atoms with van der Waals surface area (Å²) in [4.78, 5) is 29.6. The maximum atomic E-state index is 12.0. The fourth-order valence-corrected chi connectivity index (χ4v) is 1.81. The molecule has 0 bridgehead atoms. The predicted molar refractivity (Wildman–Crippen MR) is 78.4 cm³/mol. The molecule has 21 heavy (non-hydrogen) atoms. The number of imidazole rings is 1. The molecule has 0 aliphatic heterocycles. The summed E-state index contributed by atoms with van der Waals surface area (Å²) in [6, 6.07) is 3.38. The summed E-state index contributed by atoms with van der Waals surface area (Å²) in [5, 5.41) is 0. The molecule has 0 atom stereocenters. The summed E-state index contributed by atoms with van der Waals surface area (Å²) in [5.41, 5.74) is 0.769. The average molecular weight is 289 g/mol. The molecule has 1 amide bonds. The summed E-state index contributed by atoms with van der Waals surface area (Å²) in [5.74, 6) is -0.587. The highest BCUT2D eigenvalue weighted by Crippen LogP contribution is 2.14. The Morgan fingerprint density at radius 2 is 1.86 bits per heavy atom. The molecule has 0 spiro atoms. The SMILES string of the molecule is CN(C)C(=O)c1ccc2nc(C(=O)OC(C)(C)C)cn2c1. The van der Waals surface area contributed by atoms with E-state index in [1.165, 1.54) is 4.90 Å². The Balaban J connectivity index is 2.34. The van der Waals surface area contributed by atoms with Gasteiger partial charge >= 0.3 is 5.97 Å². The van der Waals surface area contributed by atoms with Crippen molar-refractivity contribution in [3.8, 4) is 0 Å². The smallest absolute Gasteiger partial charge is 0.359 e. The Morgan fingerprint density at radius 3 is 2.43 bits per heavy atom. The largest absolute Gasteiger partial charge is 0.455 e. The van der Waals surface area contributed by atoms with Crippen LogP contribution in [-0.4, -0.2) is 45.9 Å². The molecule has 0 saturated carbocycles. The number of fused-ring (bicyclic) bond motifs is 1. The van der Waals surface area contributed by atoms with Crippen LogP contribution < -0.4 is 0 Å². The number of esters is 1. The van der Waals surface area contributed by atoms with Crippen LogP contribution in [0, 0.1) is 0 Å². The van der Waals surface area contributed by atoms with Crippen LogP contribution in [-0.2, 0) is 4.74 Å². The molecule has 0 fully saturated rings. The molecular formula is C15H19N3O3. The van der Waals surface area contributed by atoms with Crippen molar-refractivity contribution in [1.29, 1.82) is 0 Å². The lowest BCUT2D eigenvalue weighted by Gasteiger charge is -2.18. The first kappa shape index (κ1) is 15.0. The fraction of sp³-hybridized carbons (Fsp3) is 0.400. The van der Waals surface area contributed by atoms with Crippen molar-refractivity contribution < 1.29 is 14.3 Å². The minimum Gasteiger partial charge on any atom is -0.455 e. The highest BCUT2D eigenvalue weighted by molar-refractivity contribution is 5.94. The van der Waals surface area contributed by atoms with E-state index in [0.717, 1.165) is 0 Å². The van der Waals surface area contributed by atoms with Crippen LogP contribution in [0.15, 0.2) is 24.5 Å². The molecular weight excluding hydrogens is 270 g/mol. The average Bonchev–Trinajstić information content (AvgIpc) is 2.78. The zero-order valence-corrected chi connectivity index (χ0v) is 12.9. The normalized spacial score (nSPS) is 11.5. The van der Waals surface area contributed by atoms with E-state index in [-0.39, 0.29) is 11.6 Å². The second-order valence-corrected chi connectivity index (χ2v) is 6.01. The number of nitrogens with zero attached hydrogens (tertiary/aromatic N) is 3. The Morgan fingerprint density at radius 1 is 1.19 bits per heavy atom. The number of ether oxygens (including phenoxy) is 1. The molecule has 0 N–H and O–H groups in total. The zero-order valence-electron chi connectivity index (χ0n) is 12.9. The molecule has 0 aromatic carbocycles. The van der Waals surface area contributed by atoms with Crippen LogP contribution in [0.1, 0.15) is 41.6 Å². The van der Waals surface area contributed by atoms with E-state index in [1.54, 1.807) is 63.8 Å². The Hall–Kier alpha value is -2.37. The van der Waals surface area contributed by atoms with Gasteiger partial charge in [-0.3, -0.25) is 4.79 Å². The standard InChI is InChI=1S/C15H19N3O3/c1-15(2,3)21-14(20)11-9-18-8-10(13(19)17(4)5)6-7-12(18)16-11/h6-9H,1-5H3. The Kier molecular flexibility index (Phi) is 3.72. The van der Waals surface area contributed by atoms with E-state index in [0.29, 0.717) is 11.2 Å². The van der Waals surface area contributed by atoms with Gasteiger partial charge in [-0.25, -0.2) is 9.78 Å². The summed E-state index contributed by atoms with van der Waals surface area (Å²) >= 11 is 0. The van der Waals surface area contributed by atoms with Crippen LogP contribution in [0.3, 0.4) is 0 Å². The van der Waals surface area contributed by atoms with Crippen molar-refractivity contribution in [2.24, 2.45) is 0 Å². The highest BCUT2D eigenvalue weighted by atomic mass is 16.6. The number of aromatic nitrogens is 2. The van der Waals surface area contributed by atoms with Gasteiger partial charge in [0.15, 0.2) is 5.69 Å². The van der Waals surface area contributed by atoms with Crippen LogP contribution in [0.2, 0.25) is 0 Å². The van der Waals surface area contributed by atoms with Crippen LogP contribution in [0.5, 0.6) is 0 Å². The molecule has 6 nitrogen and oxygen atoms in total. The second kappa shape index (κ2) is 5.20. The number of pyridine rings is 1. The molecule has 0 aliphatic rings. The van der Waals surface area contributed by atoms with Crippen molar-refractivity contribution in [3.05, 3.63) is 35.8 Å². The first-order valence-electron chi connectivity index (χ1n) is 6.61. The summed E-state index contributed by atoms with van der Waals surface area (Å²) in [6.07, 6.45) is 3.22. The third-order valence-corrected chi connectivity index (χ3v) is 2.71. The number of carbonyl (C=O) groups is 2. The van der Waals surface area contributed by atoms with Crippen LogP contribution >= 0.6 is 0 Å². The number of hydrogen-bond acceptors (Lipinski definition) is 4. The highest BCUT2D eigenvalue weighted by Gasteiger charge is 2.20. The van der Waals surface area contributed by atoms with Crippen molar-refractivity contribution in [2.75, 3.05) is 14.1 Å². The zero-order chi connectivity index (χ0) is 15.8. The lowest BCUT2D eigenvalue weighted by molar-refractivity contribution is 0.00635. The number of rotatable bonds is 2. The molecule has 2 rings (SSSR count). The van der Waals surface area contributed by atoms with Crippen molar-refractivity contribution in [1.82, 2.24) is 14.3 Å². The lowest BCUT2D eigenvalue weighted by atomic mass is 10.2. The van der Waals surface area contributed by atoms with Gasteiger partial charge < -0.3 is 14.0 Å². The first-order valence-corrected chi connectivity index (χ1v) is 6.61. The number of carbonyl (C=O) groups excluding carboxylic acids is 2. The molecule has 0 unspecified atom stereocenters. The van der Waals surface area contributed by atoms with Crippen molar-refractivity contribution in [3.63, 3.8) is 0 Å². The molecule has 6 heteroatoms. The first-order chi connectivity index (χ1) is 9.67. The van der Waals surface area contributed by atoms with E-state index < -0.39 is 11.6 Å². The van der Waals surface area contributed by atoms with Crippen molar-refractivity contribution in [2.45, 2.75) is 26.4 Å². The van der Waals surface area contributed by atoms with Gasteiger partial charge in [0.2, 0.25) is 0 Å². The maximum Gasteiger partial charge on any atom is 0.359 e. The van der Waals surface area contributed by atoms with E-state index in [2.05, 4.69) is 4.98 Å². The van der Waals surface area contributed by atoms with Gasteiger partial charge in [0.05, 0.1) is 5.56 Å². The second-order valence-electron chi connectivity index (χ2n) is 6.01. The number of amides is 1. The fourth-order valence-electron chi connectivity index (χ4n) is 1.81. The van der Waals surface area contributed by atoms with Gasteiger partial charge in [0, 0.05) is 26.5 Å². The Bertz CT molecular complexity index is 696. The number of hydrogen-bond donors (Lipinski definition) is 0. The third kappa shape index (κ3) is 3.39. The molecule has 0 saturated heterocycles. The van der Waals surface area contributed by atoms with Gasteiger partial charge in [0.1, 0.15) is 11.2 Å². The maximum absolute atomic E-state index is 12.0. The van der Waals surface area contributed by atoms with Crippen LogP contribution in [0.4, 0.5) is 0 Å². The lowest BCUT2D eigenvalue weighted by Crippen LogP contribution is -2.24. The molecule has 2 heterocycles. The molecule has 2 aromatic rings. The van der Waals surface area contributed by atoms with Gasteiger partial charge in [-0.05, 0) is 32.9 Å². The van der Waals surface area contributed by atoms with E-state index >= 15 is 0 Å². The third-order valence-electron chi connectivity index (χ3n) is 2.71. The van der Waals surface area contributed by atoms with Crippen molar-refractivity contribution >= 4 is 17.5 Å². The topological polar surface area (TPSA) is 63.9 Å². The summed E-state index contributed by atoms with van der Waals surface area (Å²) in [6.45, 7) is 5.40. The summed E-state index contributed by atoms with van der Waals surface area (Å²) in [7, 11) is 3.37. The molecule has 0 aliphatic carbocycles. The van der Waals surface area contributed by atoms with Gasteiger partial charge in [-0.2, -0.15) is 0 Å². The summed E-state index contributed by atoms with van der Waals surface area (Å²) < 4.78 is 6.93. The molecule has 112 valence electrons. The van der Waals surface area contributed by atoms with Crippen LogP contribution in [0.25, 0.3) is 5.65 Å². The monoisotopic (exact) mass is 289 g/mol. The van der Waals surface area contributed by atoms with E-state index in [1.807, 2.05) is 0 Å². The van der Waals surface area contributed by atoms with Gasteiger partial charge in [-0.1, -0.05) is 0 Å².